The fourth-order valence-electron chi connectivity index (χ4n) is 2.19. The molecule has 0 aliphatic carbocycles. The molecule has 2 rings (SSSR count). The molecule has 1 aromatic heterocycles. The number of nitrogens with one attached hydrogen (secondary N) is 1. The second kappa shape index (κ2) is 9.69. The van der Waals surface area contributed by atoms with Gasteiger partial charge in [0, 0.05) is 11.6 Å². The van der Waals surface area contributed by atoms with E-state index < -0.39 is 0 Å². The van der Waals surface area contributed by atoms with E-state index in [2.05, 4.69) is 22.4 Å². The highest BCUT2D eigenvalue weighted by Crippen LogP contribution is 2.23. The van der Waals surface area contributed by atoms with Crippen molar-refractivity contribution in [1.82, 2.24) is 20.1 Å². The van der Waals surface area contributed by atoms with Gasteiger partial charge in [0.1, 0.15) is 6.33 Å². The van der Waals surface area contributed by atoms with Gasteiger partial charge in [-0.25, -0.2) is 0 Å². The van der Waals surface area contributed by atoms with Crippen LogP contribution in [0.5, 0.6) is 0 Å². The molecular formula is C17H23ClN4OS. The molecule has 2 aromatic rings. The quantitative estimate of drug-likeness (QED) is 0.538. The van der Waals surface area contributed by atoms with E-state index in [0.717, 1.165) is 30.6 Å². The number of carbonyl (C=O) groups is 1. The van der Waals surface area contributed by atoms with Crippen molar-refractivity contribution in [3.63, 3.8) is 0 Å². The molecule has 0 saturated carbocycles. The molecule has 0 radical (unpaired) electrons. The number of carbonyl (C=O) groups excluding carboxylic acids is 1. The zero-order valence-corrected chi connectivity index (χ0v) is 15.7. The van der Waals surface area contributed by atoms with Gasteiger partial charge in [0.15, 0.2) is 5.16 Å². The van der Waals surface area contributed by atoms with E-state index in [4.69, 9.17) is 11.6 Å². The molecule has 1 heterocycles. The molecule has 24 heavy (non-hydrogen) atoms. The number of amides is 1. The maximum Gasteiger partial charge on any atom is 0.230 e. The molecule has 5 nitrogen and oxygen atoms in total. The summed E-state index contributed by atoms with van der Waals surface area (Å²) in [5.74, 6) is 0.347. The third-order valence-corrected chi connectivity index (χ3v) is 4.99. The van der Waals surface area contributed by atoms with Gasteiger partial charge in [0.2, 0.25) is 5.91 Å². The van der Waals surface area contributed by atoms with Crippen LogP contribution in [0.15, 0.2) is 29.7 Å². The topological polar surface area (TPSA) is 59.8 Å². The van der Waals surface area contributed by atoms with Gasteiger partial charge in [0.05, 0.1) is 11.4 Å². The van der Waals surface area contributed by atoms with Crippen molar-refractivity contribution in [2.75, 3.05) is 12.3 Å². The molecule has 0 fully saturated rings. The lowest BCUT2D eigenvalue weighted by atomic mass is 10.2. The summed E-state index contributed by atoms with van der Waals surface area (Å²) in [6, 6.07) is 5.79. The number of halogens is 1. The van der Waals surface area contributed by atoms with Crippen molar-refractivity contribution in [2.24, 2.45) is 0 Å². The van der Waals surface area contributed by atoms with Crippen molar-refractivity contribution < 1.29 is 4.79 Å². The molecular weight excluding hydrogens is 344 g/mol. The maximum absolute atomic E-state index is 11.9. The van der Waals surface area contributed by atoms with Gasteiger partial charge in [-0.1, -0.05) is 55.6 Å². The standard InChI is InChI=1S/C17H23ClN4OS/c1-3-4-5-6-9-19-16(23)11-24-17-21-20-12-22(17)14-8-7-13(2)15(18)10-14/h7-8,10,12H,3-6,9,11H2,1-2H3,(H,19,23). The van der Waals surface area contributed by atoms with Crippen LogP contribution in [-0.4, -0.2) is 33.0 Å². The van der Waals surface area contributed by atoms with Gasteiger partial charge in [-0.2, -0.15) is 0 Å². The van der Waals surface area contributed by atoms with E-state index in [1.165, 1.54) is 24.6 Å². The average Bonchev–Trinajstić information content (AvgIpc) is 3.04. The van der Waals surface area contributed by atoms with E-state index in [-0.39, 0.29) is 5.91 Å². The first-order valence-corrected chi connectivity index (χ1v) is 9.54. The van der Waals surface area contributed by atoms with Crippen LogP contribution in [0.4, 0.5) is 0 Å². The Morgan fingerprint density at radius 2 is 2.17 bits per heavy atom. The molecule has 0 aliphatic rings. The third kappa shape index (κ3) is 5.53. The SMILES string of the molecule is CCCCCCNC(=O)CSc1nncn1-c1ccc(C)c(Cl)c1. The normalized spacial score (nSPS) is 10.8. The zero-order valence-electron chi connectivity index (χ0n) is 14.1. The van der Waals surface area contributed by atoms with E-state index in [9.17, 15) is 4.79 Å². The van der Waals surface area contributed by atoms with Crippen LogP contribution in [0.1, 0.15) is 38.2 Å². The summed E-state index contributed by atoms with van der Waals surface area (Å²) in [5.41, 5.74) is 1.91. The number of nitrogens with zero attached hydrogens (tertiary/aromatic N) is 3. The average molecular weight is 367 g/mol. The molecule has 0 spiro atoms. The second-order valence-corrected chi connectivity index (χ2v) is 6.97. The molecule has 7 heteroatoms. The fraction of sp³-hybridized carbons (Fsp3) is 0.471. The van der Waals surface area contributed by atoms with Gasteiger partial charge in [-0.15, -0.1) is 10.2 Å². The Balaban J connectivity index is 1.87. The predicted octanol–water partition coefficient (Wildman–Crippen LogP) is 4.02. The summed E-state index contributed by atoms with van der Waals surface area (Å²) in [5, 5.41) is 12.3. The van der Waals surface area contributed by atoms with Crippen LogP contribution in [0, 0.1) is 6.92 Å². The lowest BCUT2D eigenvalue weighted by Gasteiger charge is -2.08. The number of benzene rings is 1. The molecule has 0 bridgehead atoms. The Labute approximate surface area is 152 Å². The summed E-state index contributed by atoms with van der Waals surface area (Å²) in [4.78, 5) is 11.9. The highest BCUT2D eigenvalue weighted by Gasteiger charge is 2.10. The highest BCUT2D eigenvalue weighted by atomic mass is 35.5. The number of hydrogen-bond acceptors (Lipinski definition) is 4. The minimum absolute atomic E-state index is 0.0213. The Morgan fingerprint density at radius 1 is 1.33 bits per heavy atom. The number of unbranched alkanes of at least 4 members (excludes halogenated alkanes) is 3. The van der Waals surface area contributed by atoms with Crippen molar-refractivity contribution in [1.29, 1.82) is 0 Å². The van der Waals surface area contributed by atoms with Crippen molar-refractivity contribution in [3.05, 3.63) is 35.1 Å². The van der Waals surface area contributed by atoms with Crippen molar-refractivity contribution in [3.8, 4) is 5.69 Å². The molecule has 1 N–H and O–H groups in total. The van der Waals surface area contributed by atoms with Crippen LogP contribution >= 0.6 is 23.4 Å². The smallest absolute Gasteiger partial charge is 0.230 e. The highest BCUT2D eigenvalue weighted by molar-refractivity contribution is 7.99. The van der Waals surface area contributed by atoms with Crippen molar-refractivity contribution in [2.45, 2.75) is 44.7 Å². The molecule has 1 amide bonds. The Morgan fingerprint density at radius 3 is 2.92 bits per heavy atom. The van der Waals surface area contributed by atoms with E-state index >= 15 is 0 Å². The monoisotopic (exact) mass is 366 g/mol. The van der Waals surface area contributed by atoms with Crippen LogP contribution in [0.2, 0.25) is 5.02 Å². The lowest BCUT2D eigenvalue weighted by molar-refractivity contribution is -0.118. The largest absolute Gasteiger partial charge is 0.355 e. The molecule has 0 saturated heterocycles. The minimum Gasteiger partial charge on any atom is -0.355 e. The first kappa shape index (κ1) is 18.8. The van der Waals surface area contributed by atoms with Crippen LogP contribution in [0.3, 0.4) is 0 Å². The van der Waals surface area contributed by atoms with E-state index in [1.54, 1.807) is 6.33 Å². The Kier molecular flexibility index (Phi) is 7.59. The van der Waals surface area contributed by atoms with Crippen molar-refractivity contribution >= 4 is 29.3 Å². The zero-order chi connectivity index (χ0) is 17.4. The number of hydrogen-bond donors (Lipinski definition) is 1. The number of thioether (sulfide) groups is 1. The number of rotatable bonds is 9. The Hall–Kier alpha value is -1.53. The first-order chi connectivity index (χ1) is 11.6. The van der Waals surface area contributed by atoms with Crippen LogP contribution in [0.25, 0.3) is 5.69 Å². The van der Waals surface area contributed by atoms with Gasteiger partial charge >= 0.3 is 0 Å². The van der Waals surface area contributed by atoms with Gasteiger partial charge in [-0.05, 0) is 31.0 Å². The first-order valence-electron chi connectivity index (χ1n) is 8.18. The number of aryl methyl sites for hydroxylation is 1. The Bertz CT molecular complexity index is 674. The predicted molar refractivity (Wildman–Crippen MR) is 99.0 cm³/mol. The maximum atomic E-state index is 11.9. The summed E-state index contributed by atoms with van der Waals surface area (Å²) >= 11 is 7.55. The van der Waals surface area contributed by atoms with Crippen LogP contribution in [-0.2, 0) is 4.79 Å². The summed E-state index contributed by atoms with van der Waals surface area (Å²) < 4.78 is 1.84. The molecule has 0 aliphatic heterocycles. The second-order valence-electron chi connectivity index (χ2n) is 5.62. The third-order valence-electron chi connectivity index (χ3n) is 3.63. The van der Waals surface area contributed by atoms with Crippen LogP contribution < -0.4 is 5.32 Å². The van der Waals surface area contributed by atoms with E-state index in [1.807, 2.05) is 29.7 Å². The summed E-state index contributed by atoms with van der Waals surface area (Å²) in [6.07, 6.45) is 6.23. The molecule has 0 unspecified atom stereocenters. The molecule has 0 atom stereocenters. The van der Waals surface area contributed by atoms with Gasteiger partial charge < -0.3 is 5.32 Å². The summed E-state index contributed by atoms with van der Waals surface area (Å²) in [6.45, 7) is 4.87. The summed E-state index contributed by atoms with van der Waals surface area (Å²) in [7, 11) is 0. The van der Waals surface area contributed by atoms with Gasteiger partial charge in [0.25, 0.3) is 0 Å². The molecule has 130 valence electrons. The fourth-order valence-corrected chi connectivity index (χ4v) is 3.13. The lowest BCUT2D eigenvalue weighted by Crippen LogP contribution is -2.26. The molecule has 1 aromatic carbocycles. The van der Waals surface area contributed by atoms with E-state index in [0.29, 0.717) is 15.9 Å². The van der Waals surface area contributed by atoms with Gasteiger partial charge in [-0.3, -0.25) is 9.36 Å². The number of aromatic nitrogens is 3. The minimum atomic E-state index is 0.0213.